The van der Waals surface area contributed by atoms with E-state index in [4.69, 9.17) is 11.6 Å². The first-order chi connectivity index (χ1) is 10.0. The Balaban J connectivity index is 2.02. The van der Waals surface area contributed by atoms with Gasteiger partial charge in [0.05, 0.1) is 0 Å². The SMILES string of the molecule is CCN(C(=O)c1ccc(Cl)cc1)C(C)C(C)CN1CCC1. The van der Waals surface area contributed by atoms with Crippen LogP contribution in [0.25, 0.3) is 0 Å². The maximum atomic E-state index is 12.7. The van der Waals surface area contributed by atoms with E-state index in [2.05, 4.69) is 18.7 Å². The standard InChI is InChI=1S/C17H25ClN2O/c1-4-20(14(3)13(2)12-19-10-5-11-19)17(21)15-6-8-16(18)9-7-15/h6-9,13-14H,4-5,10-12H2,1-3H3. The molecule has 2 unspecified atom stereocenters. The van der Waals surface area contributed by atoms with E-state index >= 15 is 0 Å². The molecule has 0 bridgehead atoms. The normalized spacial score (nSPS) is 17.9. The minimum Gasteiger partial charge on any atom is -0.336 e. The zero-order chi connectivity index (χ0) is 15.4. The maximum Gasteiger partial charge on any atom is 0.254 e. The van der Waals surface area contributed by atoms with E-state index < -0.39 is 0 Å². The van der Waals surface area contributed by atoms with E-state index in [1.54, 1.807) is 24.3 Å². The number of benzene rings is 1. The fourth-order valence-corrected chi connectivity index (χ4v) is 2.93. The van der Waals surface area contributed by atoms with Crippen molar-refractivity contribution in [2.45, 2.75) is 33.2 Å². The Morgan fingerprint density at radius 1 is 1.29 bits per heavy atom. The Bertz CT molecular complexity index is 470. The molecule has 1 aromatic rings. The van der Waals surface area contributed by atoms with Gasteiger partial charge in [0.15, 0.2) is 0 Å². The van der Waals surface area contributed by atoms with Gasteiger partial charge >= 0.3 is 0 Å². The van der Waals surface area contributed by atoms with Crippen LogP contribution in [0.2, 0.25) is 5.02 Å². The number of likely N-dealkylation sites (tertiary alicyclic amines) is 1. The van der Waals surface area contributed by atoms with Gasteiger partial charge < -0.3 is 9.80 Å². The van der Waals surface area contributed by atoms with E-state index in [-0.39, 0.29) is 11.9 Å². The zero-order valence-corrected chi connectivity index (χ0v) is 13.9. The lowest BCUT2D eigenvalue weighted by molar-refractivity contribution is 0.0588. The minimum atomic E-state index is 0.0946. The quantitative estimate of drug-likeness (QED) is 0.802. The maximum absolute atomic E-state index is 12.7. The highest BCUT2D eigenvalue weighted by Crippen LogP contribution is 2.19. The fourth-order valence-electron chi connectivity index (χ4n) is 2.81. The first-order valence-corrected chi connectivity index (χ1v) is 8.19. The van der Waals surface area contributed by atoms with Gasteiger partial charge in [-0.1, -0.05) is 18.5 Å². The fraction of sp³-hybridized carbons (Fsp3) is 0.588. The number of carbonyl (C=O) groups excluding carboxylic acids is 1. The summed E-state index contributed by atoms with van der Waals surface area (Å²) in [6.45, 7) is 10.6. The van der Waals surface area contributed by atoms with Crippen LogP contribution in [0.3, 0.4) is 0 Å². The summed E-state index contributed by atoms with van der Waals surface area (Å²) in [5.74, 6) is 0.568. The van der Waals surface area contributed by atoms with Crippen LogP contribution in [0.15, 0.2) is 24.3 Å². The van der Waals surface area contributed by atoms with Gasteiger partial charge in [-0.15, -0.1) is 0 Å². The van der Waals surface area contributed by atoms with Gasteiger partial charge in [-0.3, -0.25) is 4.79 Å². The van der Waals surface area contributed by atoms with Crippen LogP contribution in [0.5, 0.6) is 0 Å². The Morgan fingerprint density at radius 3 is 2.38 bits per heavy atom. The van der Waals surface area contributed by atoms with Crippen molar-refractivity contribution < 1.29 is 4.79 Å². The first-order valence-electron chi connectivity index (χ1n) is 7.81. The van der Waals surface area contributed by atoms with E-state index in [9.17, 15) is 4.79 Å². The molecule has 0 spiro atoms. The largest absolute Gasteiger partial charge is 0.336 e. The van der Waals surface area contributed by atoms with Crippen LogP contribution in [-0.2, 0) is 0 Å². The second kappa shape index (κ2) is 7.28. The molecule has 1 aliphatic heterocycles. The molecule has 1 fully saturated rings. The Kier molecular flexibility index (Phi) is 5.65. The topological polar surface area (TPSA) is 23.6 Å². The third-order valence-corrected chi connectivity index (χ3v) is 4.75. The summed E-state index contributed by atoms with van der Waals surface area (Å²) in [5.41, 5.74) is 0.712. The minimum absolute atomic E-state index is 0.0946. The summed E-state index contributed by atoms with van der Waals surface area (Å²) in [7, 11) is 0. The number of amides is 1. The molecule has 0 saturated carbocycles. The molecule has 21 heavy (non-hydrogen) atoms. The monoisotopic (exact) mass is 308 g/mol. The van der Waals surface area contributed by atoms with Crippen LogP contribution < -0.4 is 0 Å². The highest BCUT2D eigenvalue weighted by molar-refractivity contribution is 6.30. The number of nitrogens with zero attached hydrogens (tertiary/aromatic N) is 2. The molecule has 4 heteroatoms. The molecule has 0 aromatic heterocycles. The molecule has 2 rings (SSSR count). The lowest BCUT2D eigenvalue weighted by atomic mass is 9.99. The molecule has 116 valence electrons. The highest BCUT2D eigenvalue weighted by Gasteiger charge is 2.27. The predicted molar refractivity (Wildman–Crippen MR) is 87.8 cm³/mol. The third kappa shape index (κ3) is 3.98. The van der Waals surface area contributed by atoms with Crippen LogP contribution >= 0.6 is 11.6 Å². The number of carbonyl (C=O) groups is 1. The van der Waals surface area contributed by atoms with Crippen molar-refractivity contribution in [2.75, 3.05) is 26.2 Å². The van der Waals surface area contributed by atoms with Crippen molar-refractivity contribution in [3.05, 3.63) is 34.9 Å². The van der Waals surface area contributed by atoms with Crippen LogP contribution in [0.1, 0.15) is 37.6 Å². The number of hydrogen-bond donors (Lipinski definition) is 0. The van der Waals surface area contributed by atoms with E-state index in [1.165, 1.54) is 19.5 Å². The van der Waals surface area contributed by atoms with Gasteiger partial charge in [0.1, 0.15) is 0 Å². The second-order valence-corrected chi connectivity index (χ2v) is 6.41. The molecule has 1 amide bonds. The second-order valence-electron chi connectivity index (χ2n) is 5.97. The summed E-state index contributed by atoms with van der Waals surface area (Å²) in [6.07, 6.45) is 1.31. The van der Waals surface area contributed by atoms with E-state index in [0.29, 0.717) is 16.5 Å². The summed E-state index contributed by atoms with van der Waals surface area (Å²) in [5, 5.41) is 0.661. The summed E-state index contributed by atoms with van der Waals surface area (Å²) < 4.78 is 0. The number of hydrogen-bond acceptors (Lipinski definition) is 2. The zero-order valence-electron chi connectivity index (χ0n) is 13.2. The number of halogens is 1. The van der Waals surface area contributed by atoms with Gasteiger partial charge in [-0.2, -0.15) is 0 Å². The molecule has 0 N–H and O–H groups in total. The van der Waals surface area contributed by atoms with Crippen molar-refractivity contribution in [3.63, 3.8) is 0 Å². The Labute approximate surface area is 132 Å². The molecule has 3 nitrogen and oxygen atoms in total. The Hall–Kier alpha value is -1.06. The van der Waals surface area contributed by atoms with E-state index in [1.807, 2.05) is 11.8 Å². The van der Waals surface area contributed by atoms with Gasteiger partial charge in [0.25, 0.3) is 5.91 Å². The van der Waals surface area contributed by atoms with Gasteiger partial charge in [-0.25, -0.2) is 0 Å². The summed E-state index contributed by atoms with van der Waals surface area (Å²) >= 11 is 5.89. The predicted octanol–water partition coefficient (Wildman–Crippen LogP) is 3.53. The number of rotatable bonds is 6. The molecule has 1 aromatic carbocycles. The summed E-state index contributed by atoms with van der Waals surface area (Å²) in [6, 6.07) is 7.40. The van der Waals surface area contributed by atoms with Crippen molar-refractivity contribution in [1.29, 1.82) is 0 Å². The van der Waals surface area contributed by atoms with Crippen molar-refractivity contribution in [3.8, 4) is 0 Å². The lowest BCUT2D eigenvalue weighted by Gasteiger charge is -2.38. The average Bonchev–Trinajstić information content (AvgIpc) is 2.43. The van der Waals surface area contributed by atoms with Crippen molar-refractivity contribution >= 4 is 17.5 Å². The molecular weight excluding hydrogens is 284 g/mol. The van der Waals surface area contributed by atoms with E-state index in [0.717, 1.165) is 13.1 Å². The summed E-state index contributed by atoms with van der Waals surface area (Å²) in [4.78, 5) is 17.1. The molecular formula is C17H25ClN2O. The van der Waals surface area contributed by atoms with Crippen LogP contribution in [0.4, 0.5) is 0 Å². The van der Waals surface area contributed by atoms with Crippen LogP contribution in [0, 0.1) is 5.92 Å². The highest BCUT2D eigenvalue weighted by atomic mass is 35.5. The molecule has 1 aliphatic rings. The first kappa shape index (κ1) is 16.3. The molecule has 1 saturated heterocycles. The molecule has 0 radical (unpaired) electrons. The Morgan fingerprint density at radius 2 is 1.90 bits per heavy atom. The van der Waals surface area contributed by atoms with Crippen LogP contribution in [-0.4, -0.2) is 47.9 Å². The molecule has 1 heterocycles. The average molecular weight is 309 g/mol. The lowest BCUT2D eigenvalue weighted by Crippen LogP contribution is -2.48. The van der Waals surface area contributed by atoms with Crippen molar-refractivity contribution in [2.24, 2.45) is 5.92 Å². The third-order valence-electron chi connectivity index (χ3n) is 4.50. The smallest absolute Gasteiger partial charge is 0.254 e. The molecule has 2 atom stereocenters. The molecule has 0 aliphatic carbocycles. The van der Waals surface area contributed by atoms with Crippen molar-refractivity contribution in [1.82, 2.24) is 9.80 Å². The van der Waals surface area contributed by atoms with Gasteiger partial charge in [0, 0.05) is 29.7 Å². The van der Waals surface area contributed by atoms with Gasteiger partial charge in [-0.05, 0) is 63.5 Å². The van der Waals surface area contributed by atoms with Gasteiger partial charge in [0.2, 0.25) is 0 Å².